The largest absolute Gasteiger partial charge is 0.435 e. The third kappa shape index (κ3) is 5.75. The fourth-order valence-corrected chi connectivity index (χ4v) is 4.24. The number of thioether (sulfide) groups is 1. The highest BCUT2D eigenvalue weighted by molar-refractivity contribution is 7.98. The maximum absolute atomic E-state index is 14.2. The molecule has 0 spiro atoms. The number of hydrogen-bond donors (Lipinski definition) is 0. The minimum Gasteiger partial charge on any atom is -0.435 e. The van der Waals surface area contributed by atoms with Crippen molar-refractivity contribution in [1.29, 1.82) is 0 Å². The SMILES string of the molecule is CSc1ccc(/C=N/n2c(-c3ccc(OC(F)F)cc3)csc2=Nc2ccc(F)cc2F)cc1. The smallest absolute Gasteiger partial charge is 0.387 e. The molecule has 4 aromatic rings. The maximum atomic E-state index is 14.2. The molecule has 0 bridgehead atoms. The number of thiazole rings is 1. The first-order chi connectivity index (χ1) is 16.4. The number of aromatic nitrogens is 1. The molecule has 34 heavy (non-hydrogen) atoms. The molecule has 4 rings (SSSR count). The summed E-state index contributed by atoms with van der Waals surface area (Å²) in [6.07, 6.45) is 3.62. The van der Waals surface area contributed by atoms with Crippen LogP contribution in [-0.4, -0.2) is 23.8 Å². The van der Waals surface area contributed by atoms with Gasteiger partial charge in [0.2, 0.25) is 4.80 Å². The molecular weight excluding hydrogens is 486 g/mol. The van der Waals surface area contributed by atoms with Crippen molar-refractivity contribution in [2.75, 3.05) is 6.26 Å². The Kier molecular flexibility index (Phi) is 7.49. The number of halogens is 4. The van der Waals surface area contributed by atoms with Gasteiger partial charge in [-0.15, -0.1) is 23.1 Å². The zero-order valence-corrected chi connectivity index (χ0v) is 19.3. The van der Waals surface area contributed by atoms with Gasteiger partial charge in [0.15, 0.2) is 5.82 Å². The van der Waals surface area contributed by atoms with E-state index in [1.807, 2.05) is 30.5 Å². The van der Waals surface area contributed by atoms with Gasteiger partial charge in [0.1, 0.15) is 17.3 Å². The molecule has 1 heterocycles. The third-order valence-electron chi connectivity index (χ3n) is 4.62. The molecule has 1 aromatic heterocycles. The van der Waals surface area contributed by atoms with Crippen LogP contribution >= 0.6 is 23.1 Å². The van der Waals surface area contributed by atoms with E-state index < -0.39 is 18.2 Å². The second kappa shape index (κ2) is 10.7. The number of benzene rings is 3. The van der Waals surface area contributed by atoms with Gasteiger partial charge in [-0.25, -0.2) is 18.4 Å². The monoisotopic (exact) mass is 503 g/mol. The second-order valence-electron chi connectivity index (χ2n) is 6.84. The molecule has 0 amide bonds. The predicted octanol–water partition coefficient (Wildman–Crippen LogP) is 6.93. The van der Waals surface area contributed by atoms with Crippen molar-refractivity contribution in [3.05, 3.63) is 94.1 Å². The molecule has 174 valence electrons. The van der Waals surface area contributed by atoms with Crippen LogP contribution in [0.2, 0.25) is 0 Å². The summed E-state index contributed by atoms with van der Waals surface area (Å²) < 4.78 is 58.4. The first-order valence-corrected chi connectivity index (χ1v) is 12.0. The zero-order valence-electron chi connectivity index (χ0n) is 17.7. The van der Waals surface area contributed by atoms with E-state index >= 15 is 0 Å². The van der Waals surface area contributed by atoms with Gasteiger partial charge in [-0.1, -0.05) is 12.1 Å². The standard InChI is InChI=1S/C24H17F4N3OS2/c1-33-19-9-2-15(3-10-19)13-29-31-22(16-4-7-18(8-5-16)32-23(27)28)14-34-24(31)30-21-11-6-17(25)12-20(21)26/h2-14,23H,1H3/b29-13+,30-24?. The molecule has 0 atom stereocenters. The summed E-state index contributed by atoms with van der Waals surface area (Å²) in [5.74, 6) is -1.48. The first kappa shape index (κ1) is 23.8. The lowest BCUT2D eigenvalue weighted by molar-refractivity contribution is -0.0498. The van der Waals surface area contributed by atoms with Crippen molar-refractivity contribution >= 4 is 35.0 Å². The van der Waals surface area contributed by atoms with Gasteiger partial charge in [-0.3, -0.25) is 0 Å². The fraction of sp³-hybridized carbons (Fsp3) is 0.0833. The van der Waals surface area contributed by atoms with Crippen LogP contribution in [0, 0.1) is 11.6 Å². The second-order valence-corrected chi connectivity index (χ2v) is 8.56. The van der Waals surface area contributed by atoms with E-state index in [9.17, 15) is 17.6 Å². The fourth-order valence-electron chi connectivity index (χ4n) is 2.98. The van der Waals surface area contributed by atoms with Crippen LogP contribution in [0.15, 0.2) is 87.1 Å². The van der Waals surface area contributed by atoms with Gasteiger partial charge in [0.05, 0.1) is 11.9 Å². The Morgan fingerprint density at radius 2 is 1.74 bits per heavy atom. The number of alkyl halides is 2. The summed E-state index contributed by atoms with van der Waals surface area (Å²) in [6.45, 7) is -2.92. The zero-order chi connectivity index (χ0) is 24.1. The molecule has 3 aromatic carbocycles. The molecule has 0 saturated carbocycles. The minimum absolute atomic E-state index is 0.0243. The average molecular weight is 504 g/mol. The van der Waals surface area contributed by atoms with E-state index in [-0.39, 0.29) is 11.4 Å². The quantitative estimate of drug-likeness (QED) is 0.156. The lowest BCUT2D eigenvalue weighted by Crippen LogP contribution is -2.11. The van der Waals surface area contributed by atoms with Crippen LogP contribution in [0.1, 0.15) is 5.56 Å². The summed E-state index contributed by atoms with van der Waals surface area (Å²) in [4.78, 5) is 5.77. The van der Waals surface area contributed by atoms with Crippen molar-refractivity contribution < 1.29 is 22.3 Å². The van der Waals surface area contributed by atoms with Crippen LogP contribution < -0.4 is 9.54 Å². The highest BCUT2D eigenvalue weighted by atomic mass is 32.2. The summed E-state index contributed by atoms with van der Waals surface area (Å²) in [5.41, 5.74) is 2.06. The average Bonchev–Trinajstić information content (AvgIpc) is 3.22. The van der Waals surface area contributed by atoms with Crippen molar-refractivity contribution in [2.45, 2.75) is 11.5 Å². The van der Waals surface area contributed by atoms with Crippen LogP contribution in [0.3, 0.4) is 0 Å². The third-order valence-corrected chi connectivity index (χ3v) is 6.18. The number of nitrogens with zero attached hydrogens (tertiary/aromatic N) is 3. The first-order valence-electron chi connectivity index (χ1n) is 9.87. The van der Waals surface area contributed by atoms with Crippen molar-refractivity contribution in [2.24, 2.45) is 10.1 Å². The maximum Gasteiger partial charge on any atom is 0.387 e. The van der Waals surface area contributed by atoms with Gasteiger partial charge in [-0.05, 0) is 60.4 Å². The van der Waals surface area contributed by atoms with E-state index in [1.54, 1.807) is 35.5 Å². The van der Waals surface area contributed by atoms with E-state index in [0.29, 0.717) is 16.1 Å². The van der Waals surface area contributed by atoms with E-state index in [1.165, 1.54) is 34.2 Å². The molecule has 4 nitrogen and oxygen atoms in total. The molecule has 0 aliphatic rings. The van der Waals surface area contributed by atoms with E-state index in [2.05, 4.69) is 14.8 Å². The van der Waals surface area contributed by atoms with Crippen molar-refractivity contribution in [3.8, 4) is 17.0 Å². The van der Waals surface area contributed by atoms with Gasteiger partial charge in [0.25, 0.3) is 0 Å². The Balaban J connectivity index is 1.78. The normalized spacial score (nSPS) is 12.1. The Bertz CT molecular complexity index is 1360. The molecule has 10 heteroatoms. The predicted molar refractivity (Wildman–Crippen MR) is 127 cm³/mol. The summed E-state index contributed by atoms with van der Waals surface area (Å²) in [6, 6.07) is 16.9. The Morgan fingerprint density at radius 1 is 1.00 bits per heavy atom. The van der Waals surface area contributed by atoms with Crippen LogP contribution in [-0.2, 0) is 0 Å². The minimum atomic E-state index is -2.92. The van der Waals surface area contributed by atoms with Crippen molar-refractivity contribution in [3.63, 3.8) is 0 Å². The number of ether oxygens (including phenoxy) is 1. The molecule has 0 aliphatic heterocycles. The molecule has 0 N–H and O–H groups in total. The molecule has 0 aliphatic carbocycles. The summed E-state index contributed by atoms with van der Waals surface area (Å²) in [5, 5.41) is 6.30. The van der Waals surface area contributed by atoms with Gasteiger partial charge >= 0.3 is 6.61 Å². The van der Waals surface area contributed by atoms with Crippen LogP contribution in [0.5, 0.6) is 5.75 Å². The highest BCUT2D eigenvalue weighted by Crippen LogP contribution is 2.25. The molecular formula is C24H17F4N3OS2. The topological polar surface area (TPSA) is 38.9 Å². The molecule has 0 saturated heterocycles. The number of rotatable bonds is 7. The summed E-state index contributed by atoms with van der Waals surface area (Å²) >= 11 is 2.82. The highest BCUT2D eigenvalue weighted by Gasteiger charge is 2.11. The number of hydrogen-bond acceptors (Lipinski definition) is 5. The van der Waals surface area contributed by atoms with Gasteiger partial charge in [-0.2, -0.15) is 13.9 Å². The van der Waals surface area contributed by atoms with E-state index in [0.717, 1.165) is 22.6 Å². The molecule has 0 unspecified atom stereocenters. The van der Waals surface area contributed by atoms with Crippen LogP contribution in [0.4, 0.5) is 23.2 Å². The van der Waals surface area contributed by atoms with Crippen LogP contribution in [0.25, 0.3) is 11.3 Å². The Hall–Kier alpha value is -3.37. The molecule has 0 fully saturated rings. The van der Waals surface area contributed by atoms with E-state index in [4.69, 9.17) is 0 Å². The summed E-state index contributed by atoms with van der Waals surface area (Å²) in [7, 11) is 0. The van der Waals surface area contributed by atoms with Crippen molar-refractivity contribution in [1.82, 2.24) is 4.68 Å². The Morgan fingerprint density at radius 3 is 2.38 bits per heavy atom. The van der Waals surface area contributed by atoms with Gasteiger partial charge in [0, 0.05) is 21.9 Å². The molecule has 0 radical (unpaired) electrons. The lowest BCUT2D eigenvalue weighted by atomic mass is 10.2. The van der Waals surface area contributed by atoms with Gasteiger partial charge < -0.3 is 4.74 Å². The lowest BCUT2D eigenvalue weighted by Gasteiger charge is -2.07. The Labute approximate surface area is 200 Å².